The number of halogens is 3. The molecule has 1 atom stereocenters. The van der Waals surface area contributed by atoms with Crippen molar-refractivity contribution in [2.45, 2.75) is 18.7 Å². The van der Waals surface area contributed by atoms with Crippen molar-refractivity contribution in [3.63, 3.8) is 0 Å². The first-order chi connectivity index (χ1) is 20.6. The smallest absolute Gasteiger partial charge is 0.416 e. The van der Waals surface area contributed by atoms with Crippen LogP contribution in [-0.2, 0) is 11.8 Å². The number of fused-ring (bicyclic) bond motifs is 3. The molecule has 5 heterocycles. The Hall–Kier alpha value is -3.74. The van der Waals surface area contributed by atoms with E-state index in [-0.39, 0.29) is 11.4 Å². The van der Waals surface area contributed by atoms with Crippen molar-refractivity contribution in [1.29, 1.82) is 0 Å². The number of hydrogen-bond donors (Lipinski definition) is 2. The maximum Gasteiger partial charge on any atom is 0.416 e. The average molecular weight is 655 g/mol. The van der Waals surface area contributed by atoms with Crippen LogP contribution in [0, 0.1) is 6.92 Å². The molecule has 7 aromatic rings. The summed E-state index contributed by atoms with van der Waals surface area (Å²) in [6.45, 7) is 1.92. The molecule has 0 aliphatic carbocycles. The Morgan fingerprint density at radius 1 is 0.674 bits per heavy atom. The predicted octanol–water partition coefficient (Wildman–Crippen LogP) is 9.86. The third kappa shape index (κ3) is 5.43. The van der Waals surface area contributed by atoms with E-state index in [1.807, 2.05) is 41.9 Å². The van der Waals surface area contributed by atoms with Crippen LogP contribution < -0.4 is 5.63 Å². The van der Waals surface area contributed by atoms with Crippen molar-refractivity contribution in [1.82, 2.24) is 0 Å². The van der Waals surface area contributed by atoms with Crippen LogP contribution in [0.3, 0.4) is 0 Å². The molecule has 2 aromatic carbocycles. The van der Waals surface area contributed by atoms with E-state index in [9.17, 15) is 28.2 Å². The lowest BCUT2D eigenvalue weighted by Gasteiger charge is -2.30. The maximum absolute atomic E-state index is 13.1. The molecule has 0 fully saturated rings. The number of aryl methyl sites for hydroxylation is 1. The zero-order chi connectivity index (χ0) is 30.4. The van der Waals surface area contributed by atoms with Gasteiger partial charge in [0.15, 0.2) is 5.58 Å². The van der Waals surface area contributed by atoms with E-state index in [1.54, 1.807) is 57.7 Å². The molecule has 4 nitrogen and oxygen atoms in total. The summed E-state index contributed by atoms with van der Waals surface area (Å²) in [4.78, 5) is 12.7. The van der Waals surface area contributed by atoms with Crippen molar-refractivity contribution in [3.8, 4) is 15.5 Å². The lowest BCUT2D eigenvalue weighted by Crippen LogP contribution is -2.29. The number of benzene rings is 2. The summed E-state index contributed by atoms with van der Waals surface area (Å²) in [5, 5.41) is 30.3. The Balaban J connectivity index is 0.000000208. The van der Waals surface area contributed by atoms with Crippen LogP contribution in [0.1, 0.15) is 27.8 Å². The first kappa shape index (κ1) is 29.3. The van der Waals surface area contributed by atoms with Crippen LogP contribution in [0.2, 0.25) is 0 Å². The molecule has 0 radical (unpaired) electrons. The third-order valence-electron chi connectivity index (χ3n) is 6.93. The lowest BCUT2D eigenvalue weighted by atomic mass is 9.80. The fourth-order valence-corrected chi connectivity index (χ4v) is 8.57. The molecule has 1 unspecified atom stereocenters. The fourth-order valence-electron chi connectivity index (χ4n) is 4.76. The number of aliphatic hydroxyl groups is 1. The highest BCUT2D eigenvalue weighted by atomic mass is 32.1. The highest BCUT2D eigenvalue weighted by Gasteiger charge is 2.38. The molecule has 43 heavy (non-hydrogen) atoms. The summed E-state index contributed by atoms with van der Waals surface area (Å²) < 4.78 is 46.4. The van der Waals surface area contributed by atoms with Gasteiger partial charge in [-0.15, -0.1) is 45.3 Å². The molecular formula is C32H21F3O4S4. The van der Waals surface area contributed by atoms with Crippen molar-refractivity contribution >= 4 is 65.7 Å². The second kappa shape index (κ2) is 11.4. The summed E-state index contributed by atoms with van der Waals surface area (Å²) >= 11 is 5.89. The fraction of sp³-hybridized carbons (Fsp3) is 0.0938. The van der Waals surface area contributed by atoms with Crippen molar-refractivity contribution < 1.29 is 27.8 Å². The van der Waals surface area contributed by atoms with Crippen LogP contribution in [-0.4, -0.2) is 10.2 Å². The molecule has 0 spiro atoms. The second-order valence-corrected chi connectivity index (χ2v) is 13.3. The van der Waals surface area contributed by atoms with Gasteiger partial charge in [0.1, 0.15) is 11.4 Å². The zero-order valence-electron chi connectivity index (χ0n) is 22.2. The quantitative estimate of drug-likeness (QED) is 0.198. The first-order valence-corrected chi connectivity index (χ1v) is 16.3. The van der Waals surface area contributed by atoms with E-state index in [0.717, 1.165) is 27.1 Å². The molecule has 11 heteroatoms. The first-order valence-electron chi connectivity index (χ1n) is 12.8. The van der Waals surface area contributed by atoms with Gasteiger partial charge in [-0.25, -0.2) is 4.79 Å². The standard InChI is InChI=1S/C23H17F3O2S2.C9H4O2S2/c1-14-2-4-15(5-3-14)22(28,16-6-8-17(9-7-16)23(24,25)26)18-10-12-29-20(18)21-19(27)11-13-30-21;10-9-5-1-3-12-7(5)8-6(11-9)2-4-13-8/h2-13,27-28H,1H3;1-4H. The minimum Gasteiger partial charge on any atom is -0.506 e. The average Bonchev–Trinajstić information content (AvgIpc) is 3.80. The molecule has 0 saturated carbocycles. The maximum atomic E-state index is 13.1. The summed E-state index contributed by atoms with van der Waals surface area (Å²) in [5.74, 6) is 0.0994. The summed E-state index contributed by atoms with van der Waals surface area (Å²) in [7, 11) is 0. The zero-order valence-corrected chi connectivity index (χ0v) is 25.5. The van der Waals surface area contributed by atoms with Gasteiger partial charge in [0, 0.05) is 5.56 Å². The van der Waals surface area contributed by atoms with Gasteiger partial charge in [0.2, 0.25) is 0 Å². The minimum atomic E-state index is -4.46. The van der Waals surface area contributed by atoms with Crippen LogP contribution in [0.15, 0.2) is 104 Å². The summed E-state index contributed by atoms with van der Waals surface area (Å²) in [5.41, 5.74) is 0.345. The Morgan fingerprint density at radius 2 is 1.23 bits per heavy atom. The van der Waals surface area contributed by atoms with Gasteiger partial charge < -0.3 is 14.6 Å². The molecule has 7 rings (SSSR count). The van der Waals surface area contributed by atoms with Gasteiger partial charge in [-0.3, -0.25) is 0 Å². The molecule has 0 amide bonds. The van der Waals surface area contributed by atoms with Gasteiger partial charge in [0.05, 0.1) is 30.1 Å². The Kier molecular flexibility index (Phi) is 7.78. The highest BCUT2D eigenvalue weighted by molar-refractivity contribution is 7.25. The predicted molar refractivity (Wildman–Crippen MR) is 170 cm³/mol. The van der Waals surface area contributed by atoms with Gasteiger partial charge >= 0.3 is 11.8 Å². The second-order valence-electron chi connectivity index (χ2n) is 9.62. The molecule has 5 aromatic heterocycles. The Morgan fingerprint density at radius 3 is 1.88 bits per heavy atom. The van der Waals surface area contributed by atoms with Gasteiger partial charge in [-0.1, -0.05) is 42.0 Å². The van der Waals surface area contributed by atoms with E-state index < -0.39 is 17.3 Å². The van der Waals surface area contributed by atoms with E-state index in [4.69, 9.17) is 4.42 Å². The lowest BCUT2D eigenvalue weighted by molar-refractivity contribution is -0.137. The van der Waals surface area contributed by atoms with Crippen LogP contribution in [0.4, 0.5) is 13.2 Å². The van der Waals surface area contributed by atoms with Crippen molar-refractivity contribution in [3.05, 3.63) is 133 Å². The van der Waals surface area contributed by atoms with Crippen LogP contribution in [0.5, 0.6) is 5.75 Å². The molecule has 0 saturated heterocycles. The molecule has 218 valence electrons. The van der Waals surface area contributed by atoms with E-state index >= 15 is 0 Å². The van der Waals surface area contributed by atoms with E-state index in [1.165, 1.54) is 34.8 Å². The Bertz CT molecular complexity index is 2080. The number of rotatable bonds is 4. The molecule has 2 N–H and O–H groups in total. The van der Waals surface area contributed by atoms with E-state index in [0.29, 0.717) is 37.4 Å². The van der Waals surface area contributed by atoms with Gasteiger partial charge in [-0.05, 0) is 76.0 Å². The molecular weight excluding hydrogens is 634 g/mol. The van der Waals surface area contributed by atoms with Crippen LogP contribution >= 0.6 is 45.3 Å². The summed E-state index contributed by atoms with van der Waals surface area (Å²) in [6, 6.07) is 18.8. The molecule has 0 aliphatic rings. The number of aromatic hydroxyl groups is 1. The topological polar surface area (TPSA) is 70.7 Å². The van der Waals surface area contributed by atoms with Crippen LogP contribution in [0.25, 0.3) is 30.1 Å². The van der Waals surface area contributed by atoms with Gasteiger partial charge in [0.25, 0.3) is 0 Å². The SMILES string of the molecule is Cc1ccc(C(O)(c2ccc(C(F)(F)F)cc2)c2ccsc2-c2sccc2O)cc1.O=c1oc2ccsc2c2sccc12. The van der Waals surface area contributed by atoms with E-state index in [2.05, 4.69) is 0 Å². The largest absolute Gasteiger partial charge is 0.506 e. The third-order valence-corrected chi connectivity index (χ3v) is 10.9. The monoisotopic (exact) mass is 654 g/mol. The number of hydrogen-bond acceptors (Lipinski definition) is 8. The highest BCUT2D eigenvalue weighted by Crippen LogP contribution is 2.48. The number of thiophene rings is 4. The number of alkyl halides is 3. The normalized spacial score (nSPS) is 13.1. The Labute approximate surface area is 259 Å². The molecule has 0 bridgehead atoms. The summed E-state index contributed by atoms with van der Waals surface area (Å²) in [6.07, 6.45) is -4.46. The minimum absolute atomic E-state index is 0.0994. The van der Waals surface area contributed by atoms with Crippen molar-refractivity contribution in [2.24, 2.45) is 0 Å². The van der Waals surface area contributed by atoms with Gasteiger partial charge in [-0.2, -0.15) is 13.2 Å². The van der Waals surface area contributed by atoms with Crippen molar-refractivity contribution in [2.75, 3.05) is 0 Å². The molecule has 0 aliphatic heterocycles.